The van der Waals surface area contributed by atoms with Gasteiger partial charge in [-0.2, -0.15) is 0 Å². The number of carbonyl (C=O) groups excluding carboxylic acids is 1. The highest BCUT2D eigenvalue weighted by Gasteiger charge is 2.25. The molecule has 1 atom stereocenters. The Kier molecular flexibility index (Phi) is 5.16. The lowest BCUT2D eigenvalue weighted by Gasteiger charge is -2.23. The molecule has 0 saturated carbocycles. The molecule has 0 fully saturated rings. The molecule has 1 N–H and O–H groups in total. The number of hydrogen-bond donors (Lipinski definition) is 1. The van der Waals surface area contributed by atoms with Crippen molar-refractivity contribution in [3.63, 3.8) is 0 Å². The number of likely N-dealkylation sites (N-methyl/N-ethyl adjacent to an activating group) is 1. The van der Waals surface area contributed by atoms with Gasteiger partial charge in [0.15, 0.2) is 0 Å². The molecule has 0 spiro atoms. The molecule has 18 heavy (non-hydrogen) atoms. The van der Waals surface area contributed by atoms with E-state index in [-0.39, 0.29) is 5.91 Å². The van der Waals surface area contributed by atoms with Gasteiger partial charge in [-0.1, -0.05) is 18.5 Å². The molecule has 0 saturated heterocycles. The Morgan fingerprint density at radius 3 is 2.56 bits per heavy atom. The Hall–Kier alpha value is -1.07. The smallest absolute Gasteiger partial charge is 0.326 e. The van der Waals surface area contributed by atoms with Gasteiger partial charge in [0.25, 0.3) is 5.91 Å². The van der Waals surface area contributed by atoms with E-state index in [1.807, 2.05) is 0 Å². The first-order valence-corrected chi connectivity index (χ1v) is 6.50. The Balaban J connectivity index is 2.99. The van der Waals surface area contributed by atoms with Crippen molar-refractivity contribution in [1.29, 1.82) is 0 Å². The van der Waals surface area contributed by atoms with E-state index in [0.717, 1.165) is 0 Å². The third-order valence-electron chi connectivity index (χ3n) is 2.63. The second-order valence-corrected chi connectivity index (χ2v) is 5.07. The highest BCUT2D eigenvalue weighted by atomic mass is 79.9. The maximum Gasteiger partial charge on any atom is 0.326 e. The van der Waals surface area contributed by atoms with Gasteiger partial charge in [0.1, 0.15) is 6.04 Å². The maximum absolute atomic E-state index is 12.1. The number of halogens is 2. The largest absolute Gasteiger partial charge is 0.480 e. The van der Waals surface area contributed by atoms with Gasteiger partial charge in [-0.05, 0) is 40.5 Å². The van der Waals surface area contributed by atoms with Crippen LogP contribution >= 0.6 is 27.5 Å². The number of aliphatic carboxylic acids is 1. The van der Waals surface area contributed by atoms with Crippen LogP contribution in [0.15, 0.2) is 22.7 Å². The third kappa shape index (κ3) is 3.23. The average Bonchev–Trinajstić information content (AvgIpc) is 2.32. The van der Waals surface area contributed by atoms with Crippen molar-refractivity contribution >= 4 is 39.4 Å². The number of hydrogen-bond acceptors (Lipinski definition) is 2. The fraction of sp³-hybridized carbons (Fsp3) is 0.333. The summed E-state index contributed by atoms with van der Waals surface area (Å²) in [5.41, 5.74) is 0.366. The van der Waals surface area contributed by atoms with E-state index >= 15 is 0 Å². The van der Waals surface area contributed by atoms with E-state index in [1.165, 1.54) is 18.0 Å². The fourth-order valence-electron chi connectivity index (χ4n) is 1.59. The number of carboxylic acid groups (broad SMARTS) is 1. The molecule has 1 amide bonds. The van der Waals surface area contributed by atoms with E-state index in [9.17, 15) is 9.59 Å². The quantitative estimate of drug-likeness (QED) is 0.921. The van der Waals surface area contributed by atoms with Crippen LogP contribution < -0.4 is 0 Å². The molecule has 0 aliphatic carbocycles. The van der Waals surface area contributed by atoms with Crippen molar-refractivity contribution in [3.8, 4) is 0 Å². The number of carboxylic acids is 1. The Bertz CT molecular complexity index is 478. The van der Waals surface area contributed by atoms with Crippen LogP contribution in [0.2, 0.25) is 5.02 Å². The molecule has 98 valence electrons. The van der Waals surface area contributed by atoms with Gasteiger partial charge in [-0.15, -0.1) is 0 Å². The molecule has 0 aromatic heterocycles. The third-order valence-corrected chi connectivity index (χ3v) is 3.86. The summed E-state index contributed by atoms with van der Waals surface area (Å²) >= 11 is 9.14. The number of benzene rings is 1. The Morgan fingerprint density at radius 2 is 2.11 bits per heavy atom. The van der Waals surface area contributed by atoms with E-state index in [0.29, 0.717) is 21.5 Å². The molecule has 0 aliphatic heterocycles. The van der Waals surface area contributed by atoms with Crippen molar-refractivity contribution in [2.45, 2.75) is 19.4 Å². The summed E-state index contributed by atoms with van der Waals surface area (Å²) in [6, 6.07) is 3.94. The standard InChI is InChI=1S/C12H13BrClNO3/c1-3-10(12(17)18)15(2)11(16)7-4-5-8(13)9(14)6-7/h4-6,10H,3H2,1-2H3,(H,17,18). The molecule has 0 aliphatic rings. The molecule has 6 heteroatoms. The van der Waals surface area contributed by atoms with Crippen molar-refractivity contribution in [3.05, 3.63) is 33.3 Å². The SMILES string of the molecule is CCC(C(=O)O)N(C)C(=O)c1ccc(Br)c(Cl)c1. The molecular formula is C12H13BrClNO3. The molecule has 1 aromatic rings. The predicted octanol–water partition coefficient (Wildman–Crippen LogP) is 3.04. The molecule has 1 unspecified atom stereocenters. The predicted molar refractivity (Wildman–Crippen MR) is 73.0 cm³/mol. The van der Waals surface area contributed by atoms with Gasteiger partial charge in [0.2, 0.25) is 0 Å². The van der Waals surface area contributed by atoms with Crippen LogP contribution in [0.5, 0.6) is 0 Å². The summed E-state index contributed by atoms with van der Waals surface area (Å²) in [4.78, 5) is 24.3. The van der Waals surface area contributed by atoms with E-state index in [4.69, 9.17) is 16.7 Å². The first-order chi connectivity index (χ1) is 8.38. The maximum atomic E-state index is 12.1. The zero-order valence-corrected chi connectivity index (χ0v) is 12.3. The molecular weight excluding hydrogens is 321 g/mol. The highest BCUT2D eigenvalue weighted by molar-refractivity contribution is 9.10. The van der Waals surface area contributed by atoms with Crippen LogP contribution in [0.3, 0.4) is 0 Å². The summed E-state index contributed by atoms with van der Waals surface area (Å²) in [7, 11) is 1.47. The average molecular weight is 335 g/mol. The monoisotopic (exact) mass is 333 g/mol. The fourth-order valence-corrected chi connectivity index (χ4v) is 2.02. The van der Waals surface area contributed by atoms with Crippen molar-refractivity contribution in [2.24, 2.45) is 0 Å². The van der Waals surface area contributed by atoms with Crippen LogP contribution in [0.25, 0.3) is 0 Å². The summed E-state index contributed by atoms with van der Waals surface area (Å²) in [6.07, 6.45) is 0.349. The van der Waals surface area contributed by atoms with Gasteiger partial charge in [-0.25, -0.2) is 4.79 Å². The summed E-state index contributed by atoms with van der Waals surface area (Å²) in [6.45, 7) is 1.72. The van der Waals surface area contributed by atoms with Gasteiger partial charge >= 0.3 is 5.97 Å². The number of rotatable bonds is 4. The normalized spacial score (nSPS) is 12.0. The highest BCUT2D eigenvalue weighted by Crippen LogP contribution is 2.24. The first kappa shape index (κ1) is 15.0. The minimum atomic E-state index is -1.02. The summed E-state index contributed by atoms with van der Waals surface area (Å²) < 4.78 is 0.689. The zero-order valence-electron chi connectivity index (χ0n) is 9.98. The molecule has 0 radical (unpaired) electrons. The minimum absolute atomic E-state index is 0.349. The van der Waals surface area contributed by atoms with Gasteiger partial charge < -0.3 is 10.0 Å². The van der Waals surface area contributed by atoms with Gasteiger partial charge in [-0.3, -0.25) is 4.79 Å². The van der Waals surface area contributed by atoms with Crippen molar-refractivity contribution in [1.82, 2.24) is 4.90 Å². The number of amides is 1. The number of nitrogens with zero attached hydrogens (tertiary/aromatic N) is 1. The van der Waals surface area contributed by atoms with Crippen LogP contribution in [0.1, 0.15) is 23.7 Å². The lowest BCUT2D eigenvalue weighted by Crippen LogP contribution is -2.41. The Morgan fingerprint density at radius 1 is 1.50 bits per heavy atom. The van der Waals surface area contributed by atoms with Crippen LogP contribution in [-0.2, 0) is 4.79 Å². The van der Waals surface area contributed by atoms with Gasteiger partial charge in [0.05, 0.1) is 5.02 Å². The Labute approximate surface area is 119 Å². The van der Waals surface area contributed by atoms with Crippen LogP contribution in [0, 0.1) is 0 Å². The zero-order chi connectivity index (χ0) is 13.9. The second kappa shape index (κ2) is 6.20. The van der Waals surface area contributed by atoms with Crippen LogP contribution in [-0.4, -0.2) is 35.0 Å². The molecule has 4 nitrogen and oxygen atoms in total. The number of carbonyl (C=O) groups is 2. The molecule has 0 heterocycles. The topological polar surface area (TPSA) is 57.6 Å². The first-order valence-electron chi connectivity index (χ1n) is 5.33. The summed E-state index contributed by atoms with van der Waals surface area (Å²) in [5.74, 6) is -1.38. The molecule has 1 rings (SSSR count). The summed E-state index contributed by atoms with van der Waals surface area (Å²) in [5, 5.41) is 9.43. The van der Waals surface area contributed by atoms with E-state index in [2.05, 4.69) is 15.9 Å². The van der Waals surface area contributed by atoms with E-state index in [1.54, 1.807) is 19.1 Å². The second-order valence-electron chi connectivity index (χ2n) is 3.81. The minimum Gasteiger partial charge on any atom is -0.480 e. The van der Waals surface area contributed by atoms with Crippen molar-refractivity contribution in [2.75, 3.05) is 7.05 Å². The lowest BCUT2D eigenvalue weighted by molar-refractivity contribution is -0.142. The van der Waals surface area contributed by atoms with Gasteiger partial charge in [0, 0.05) is 17.1 Å². The van der Waals surface area contributed by atoms with E-state index < -0.39 is 12.0 Å². The lowest BCUT2D eigenvalue weighted by atomic mass is 10.1. The molecule has 0 bridgehead atoms. The van der Waals surface area contributed by atoms with Crippen molar-refractivity contribution < 1.29 is 14.7 Å². The van der Waals surface area contributed by atoms with Crippen LogP contribution in [0.4, 0.5) is 0 Å². The molecule has 1 aromatic carbocycles.